The van der Waals surface area contributed by atoms with E-state index in [0.29, 0.717) is 0 Å². The number of amides is 1. The van der Waals surface area contributed by atoms with Crippen LogP contribution in [0.1, 0.15) is 28.9 Å². The lowest BCUT2D eigenvalue weighted by molar-refractivity contribution is 0.0931. The predicted octanol–water partition coefficient (Wildman–Crippen LogP) is 2.85. The van der Waals surface area contributed by atoms with Crippen LogP contribution in [0, 0.1) is 11.6 Å². The van der Waals surface area contributed by atoms with Gasteiger partial charge in [-0.05, 0) is 36.8 Å². The molecule has 0 fully saturated rings. The molecule has 1 N–H and O–H groups in total. The maximum absolute atomic E-state index is 13.4. The average molecular weight is 262 g/mol. The van der Waals surface area contributed by atoms with E-state index in [4.69, 9.17) is 0 Å². The Kier molecular flexibility index (Phi) is 3.85. The minimum Gasteiger partial charge on any atom is -0.345 e. The van der Waals surface area contributed by atoms with E-state index < -0.39 is 23.1 Å². The van der Waals surface area contributed by atoms with Crippen LogP contribution >= 0.6 is 0 Å². The van der Waals surface area contributed by atoms with Gasteiger partial charge in [0.05, 0.1) is 6.04 Å². The van der Waals surface area contributed by atoms with Gasteiger partial charge in [0.25, 0.3) is 5.91 Å². The summed E-state index contributed by atoms with van der Waals surface area (Å²) in [5.41, 5.74) is 0.239. The Morgan fingerprint density at radius 2 is 1.74 bits per heavy atom. The van der Waals surface area contributed by atoms with Crippen molar-refractivity contribution in [3.8, 4) is 0 Å². The molecule has 98 valence electrons. The maximum atomic E-state index is 13.4. The van der Waals surface area contributed by atoms with E-state index in [1.807, 2.05) is 0 Å². The molecule has 19 heavy (non-hydrogen) atoms. The molecule has 0 unspecified atom stereocenters. The number of hydrogen-bond acceptors (Lipinski definition) is 2. The largest absolute Gasteiger partial charge is 0.345 e. The highest BCUT2D eigenvalue weighted by atomic mass is 19.1. The van der Waals surface area contributed by atoms with E-state index >= 15 is 0 Å². The lowest BCUT2D eigenvalue weighted by Crippen LogP contribution is -2.28. The van der Waals surface area contributed by atoms with Crippen molar-refractivity contribution in [2.75, 3.05) is 0 Å². The predicted molar refractivity (Wildman–Crippen MR) is 66.5 cm³/mol. The zero-order chi connectivity index (χ0) is 13.8. The molecule has 3 nitrogen and oxygen atoms in total. The van der Waals surface area contributed by atoms with Crippen molar-refractivity contribution < 1.29 is 13.6 Å². The van der Waals surface area contributed by atoms with E-state index in [9.17, 15) is 13.6 Å². The summed E-state index contributed by atoms with van der Waals surface area (Å²) in [6.45, 7) is 1.73. The number of nitrogens with one attached hydrogen (secondary N) is 1. The van der Waals surface area contributed by atoms with Gasteiger partial charge < -0.3 is 5.32 Å². The van der Waals surface area contributed by atoms with E-state index in [-0.39, 0.29) is 6.04 Å². The SMILES string of the molecule is C[C@H](NC(=O)c1c(F)cccc1F)c1ccncc1. The molecule has 1 atom stereocenters. The molecule has 2 aromatic rings. The van der Waals surface area contributed by atoms with Crippen LogP contribution in [0.2, 0.25) is 0 Å². The van der Waals surface area contributed by atoms with Crippen LogP contribution in [0.15, 0.2) is 42.7 Å². The molecule has 0 saturated heterocycles. The zero-order valence-electron chi connectivity index (χ0n) is 10.2. The monoisotopic (exact) mass is 262 g/mol. The van der Waals surface area contributed by atoms with Crippen LogP contribution in [0.5, 0.6) is 0 Å². The maximum Gasteiger partial charge on any atom is 0.257 e. The highest BCUT2D eigenvalue weighted by molar-refractivity contribution is 5.94. The van der Waals surface area contributed by atoms with Gasteiger partial charge in [-0.3, -0.25) is 9.78 Å². The molecular formula is C14H12F2N2O. The molecule has 5 heteroatoms. The van der Waals surface area contributed by atoms with Gasteiger partial charge in [-0.25, -0.2) is 8.78 Å². The fourth-order valence-corrected chi connectivity index (χ4v) is 1.72. The molecule has 1 aromatic heterocycles. The highest BCUT2D eigenvalue weighted by Crippen LogP contribution is 2.15. The first-order chi connectivity index (χ1) is 9.09. The van der Waals surface area contributed by atoms with Crippen LogP contribution < -0.4 is 5.32 Å². The van der Waals surface area contributed by atoms with Gasteiger partial charge in [-0.1, -0.05) is 6.07 Å². The van der Waals surface area contributed by atoms with Crippen molar-refractivity contribution in [3.63, 3.8) is 0 Å². The van der Waals surface area contributed by atoms with Gasteiger partial charge in [-0.15, -0.1) is 0 Å². The fourth-order valence-electron chi connectivity index (χ4n) is 1.72. The summed E-state index contributed by atoms with van der Waals surface area (Å²) < 4.78 is 26.9. The number of carbonyl (C=O) groups is 1. The molecule has 0 radical (unpaired) electrons. The minimum atomic E-state index is -0.876. The van der Waals surface area contributed by atoms with Gasteiger partial charge in [0.15, 0.2) is 0 Å². The number of nitrogens with zero attached hydrogens (tertiary/aromatic N) is 1. The van der Waals surface area contributed by atoms with Gasteiger partial charge in [0.2, 0.25) is 0 Å². The Morgan fingerprint density at radius 3 is 2.32 bits per heavy atom. The van der Waals surface area contributed by atoms with Crippen molar-refractivity contribution in [1.29, 1.82) is 0 Å². The van der Waals surface area contributed by atoms with Crippen LogP contribution in [0.25, 0.3) is 0 Å². The second-order valence-electron chi connectivity index (χ2n) is 4.07. The molecular weight excluding hydrogens is 250 g/mol. The minimum absolute atomic E-state index is 0.366. The Labute approximate surface area is 109 Å². The van der Waals surface area contributed by atoms with Crippen molar-refractivity contribution in [1.82, 2.24) is 10.3 Å². The molecule has 0 aliphatic carbocycles. The molecule has 0 aliphatic heterocycles. The molecule has 0 bridgehead atoms. The first-order valence-electron chi connectivity index (χ1n) is 5.74. The van der Waals surface area contributed by atoms with E-state index in [1.54, 1.807) is 31.5 Å². The zero-order valence-corrected chi connectivity index (χ0v) is 10.2. The molecule has 0 aliphatic rings. The van der Waals surface area contributed by atoms with Crippen LogP contribution in [0.3, 0.4) is 0 Å². The molecule has 1 aromatic carbocycles. The summed E-state index contributed by atoms with van der Waals surface area (Å²) in [7, 11) is 0. The lowest BCUT2D eigenvalue weighted by Gasteiger charge is -2.14. The molecule has 1 amide bonds. The second-order valence-corrected chi connectivity index (χ2v) is 4.07. The second kappa shape index (κ2) is 5.56. The summed E-state index contributed by atoms with van der Waals surface area (Å²) in [5, 5.41) is 2.55. The van der Waals surface area contributed by atoms with E-state index in [0.717, 1.165) is 17.7 Å². The fraction of sp³-hybridized carbons (Fsp3) is 0.143. The molecule has 1 heterocycles. The summed E-state index contributed by atoms with van der Waals surface area (Å²) >= 11 is 0. The van der Waals surface area contributed by atoms with Crippen molar-refractivity contribution in [3.05, 3.63) is 65.5 Å². The normalized spacial score (nSPS) is 11.9. The van der Waals surface area contributed by atoms with Crippen molar-refractivity contribution in [2.45, 2.75) is 13.0 Å². The summed E-state index contributed by atoms with van der Waals surface area (Å²) in [5.74, 6) is -2.53. The third-order valence-corrected chi connectivity index (χ3v) is 2.74. The van der Waals surface area contributed by atoms with Gasteiger partial charge in [-0.2, -0.15) is 0 Å². The number of pyridine rings is 1. The number of benzene rings is 1. The van der Waals surface area contributed by atoms with E-state index in [2.05, 4.69) is 10.3 Å². The van der Waals surface area contributed by atoms with Crippen molar-refractivity contribution >= 4 is 5.91 Å². The first kappa shape index (κ1) is 13.1. The number of halogens is 2. The summed E-state index contributed by atoms with van der Waals surface area (Å²) in [6.07, 6.45) is 3.17. The molecule has 0 spiro atoms. The standard InChI is InChI=1S/C14H12F2N2O/c1-9(10-5-7-17-8-6-10)18-14(19)13-11(15)3-2-4-12(13)16/h2-9H,1H3,(H,18,19)/t9-/m0/s1. The van der Waals surface area contributed by atoms with E-state index in [1.165, 1.54) is 6.07 Å². The van der Waals surface area contributed by atoms with Crippen molar-refractivity contribution in [2.24, 2.45) is 0 Å². The number of hydrogen-bond donors (Lipinski definition) is 1. The topological polar surface area (TPSA) is 42.0 Å². The number of rotatable bonds is 3. The highest BCUT2D eigenvalue weighted by Gasteiger charge is 2.18. The summed E-state index contributed by atoms with van der Waals surface area (Å²) in [4.78, 5) is 15.7. The van der Waals surface area contributed by atoms with Crippen LogP contribution in [-0.2, 0) is 0 Å². The van der Waals surface area contributed by atoms with Gasteiger partial charge >= 0.3 is 0 Å². The molecule has 2 rings (SSSR count). The quantitative estimate of drug-likeness (QED) is 0.924. The van der Waals surface area contributed by atoms with Gasteiger partial charge in [0, 0.05) is 12.4 Å². The smallest absolute Gasteiger partial charge is 0.257 e. The Balaban J connectivity index is 2.18. The Bertz CT molecular complexity index is 567. The lowest BCUT2D eigenvalue weighted by atomic mass is 10.1. The third-order valence-electron chi connectivity index (χ3n) is 2.74. The summed E-state index contributed by atoms with van der Waals surface area (Å²) in [6, 6.07) is 6.40. The van der Waals surface area contributed by atoms with Gasteiger partial charge in [0.1, 0.15) is 17.2 Å². The first-order valence-corrected chi connectivity index (χ1v) is 5.74. The Hall–Kier alpha value is -2.30. The molecule has 0 saturated carbocycles. The Morgan fingerprint density at radius 1 is 1.16 bits per heavy atom. The number of aromatic nitrogens is 1. The average Bonchev–Trinajstić information content (AvgIpc) is 2.39. The van der Waals surface area contributed by atoms with Crippen LogP contribution in [-0.4, -0.2) is 10.9 Å². The third kappa shape index (κ3) is 2.93. The van der Waals surface area contributed by atoms with Crippen LogP contribution in [0.4, 0.5) is 8.78 Å². The number of carbonyl (C=O) groups excluding carboxylic acids is 1.